The van der Waals surface area contributed by atoms with Crippen LogP contribution in [-0.2, 0) is 4.74 Å². The van der Waals surface area contributed by atoms with E-state index in [1.54, 1.807) is 0 Å². The van der Waals surface area contributed by atoms with Crippen molar-refractivity contribution in [1.29, 1.82) is 0 Å². The summed E-state index contributed by atoms with van der Waals surface area (Å²) in [5.74, 6) is 0. The van der Waals surface area contributed by atoms with Crippen LogP contribution in [0.4, 0.5) is 0 Å². The number of hydrogen-bond donors (Lipinski definition) is 5. The second-order valence-corrected chi connectivity index (χ2v) is 4.97. The number of rotatable bonds is 4. The molecule has 1 aliphatic heterocycles. The van der Waals surface area contributed by atoms with Gasteiger partial charge in [-0.15, -0.1) is 6.58 Å². The molecule has 1 heterocycles. The molecule has 0 unspecified atom stereocenters. The summed E-state index contributed by atoms with van der Waals surface area (Å²) >= 11 is 0.898. The van der Waals surface area contributed by atoms with Crippen LogP contribution in [0.3, 0.4) is 0 Å². The molecule has 1 saturated heterocycles. The Labute approximate surface area is 108 Å². The van der Waals surface area contributed by atoms with Gasteiger partial charge in [0, 0.05) is 6.42 Å². The monoisotopic (exact) mass is 279 g/mol. The summed E-state index contributed by atoms with van der Waals surface area (Å²) in [4.78, 5) is 0. The molecule has 0 bridgehead atoms. The van der Waals surface area contributed by atoms with Gasteiger partial charge in [-0.05, 0) is 0 Å². The van der Waals surface area contributed by atoms with Crippen molar-refractivity contribution in [2.75, 3.05) is 6.61 Å². The molecule has 0 aromatic rings. The third-order valence-corrected chi connectivity index (χ3v) is 3.67. The highest BCUT2D eigenvalue weighted by Gasteiger charge is 2.44. The minimum absolute atomic E-state index is 0.245. The van der Waals surface area contributed by atoms with Crippen molar-refractivity contribution in [3.05, 3.63) is 12.7 Å². The van der Waals surface area contributed by atoms with Gasteiger partial charge in [-0.25, -0.2) is 0 Å². The lowest BCUT2D eigenvalue weighted by Crippen LogP contribution is -2.57. The standard InChI is InChI=1S/C10H17NO6S/c1-2-3-6(11-16)18-10-9(15)8(14)7(13)5(4-12)17-10/h2,5,7-10,12-16H,1,3-4H2/b11-6-/t5-,7-,8+,9-,10+/m1/s1. The number of allylic oxidation sites excluding steroid dienone is 1. The van der Waals surface area contributed by atoms with Gasteiger partial charge in [-0.2, -0.15) is 0 Å². The minimum atomic E-state index is -1.43. The van der Waals surface area contributed by atoms with Gasteiger partial charge in [0.2, 0.25) is 0 Å². The summed E-state index contributed by atoms with van der Waals surface area (Å²) in [6.45, 7) is 2.99. The predicted molar refractivity (Wildman–Crippen MR) is 65.4 cm³/mol. The fourth-order valence-corrected chi connectivity index (χ4v) is 2.56. The Balaban J connectivity index is 2.72. The minimum Gasteiger partial charge on any atom is -0.410 e. The Morgan fingerprint density at radius 1 is 1.28 bits per heavy atom. The maximum atomic E-state index is 9.73. The molecule has 0 aromatic heterocycles. The summed E-state index contributed by atoms with van der Waals surface area (Å²) in [5.41, 5.74) is -0.939. The van der Waals surface area contributed by atoms with E-state index in [4.69, 9.17) is 15.1 Å². The third-order valence-electron chi connectivity index (χ3n) is 2.53. The van der Waals surface area contributed by atoms with Gasteiger partial charge in [0.25, 0.3) is 0 Å². The highest BCUT2D eigenvalue weighted by molar-refractivity contribution is 8.14. The molecule has 0 amide bonds. The van der Waals surface area contributed by atoms with E-state index in [1.165, 1.54) is 6.08 Å². The number of hydrogen-bond acceptors (Lipinski definition) is 8. The highest BCUT2D eigenvalue weighted by Crippen LogP contribution is 2.29. The van der Waals surface area contributed by atoms with Crippen LogP contribution in [-0.4, -0.2) is 67.1 Å². The van der Waals surface area contributed by atoms with Gasteiger partial charge < -0.3 is 30.4 Å². The topological polar surface area (TPSA) is 123 Å². The lowest BCUT2D eigenvalue weighted by Gasteiger charge is -2.39. The molecule has 0 saturated carbocycles. The molecule has 0 spiro atoms. The number of ether oxygens (including phenoxy) is 1. The van der Waals surface area contributed by atoms with Gasteiger partial charge in [-0.3, -0.25) is 0 Å². The van der Waals surface area contributed by atoms with E-state index in [-0.39, 0.29) is 11.5 Å². The fourth-order valence-electron chi connectivity index (χ4n) is 1.53. The van der Waals surface area contributed by atoms with Crippen molar-refractivity contribution in [1.82, 2.24) is 0 Å². The van der Waals surface area contributed by atoms with Gasteiger partial charge in [0.15, 0.2) is 0 Å². The van der Waals surface area contributed by atoms with Gasteiger partial charge in [0.1, 0.15) is 34.9 Å². The summed E-state index contributed by atoms with van der Waals surface area (Å²) in [5, 5.41) is 49.8. The van der Waals surface area contributed by atoms with Crippen LogP contribution in [0.1, 0.15) is 6.42 Å². The van der Waals surface area contributed by atoms with Crippen molar-refractivity contribution in [2.45, 2.75) is 36.3 Å². The van der Waals surface area contributed by atoms with Crippen LogP contribution < -0.4 is 0 Å². The zero-order valence-electron chi connectivity index (χ0n) is 9.59. The summed E-state index contributed by atoms with van der Waals surface area (Å²) in [6.07, 6.45) is -3.37. The van der Waals surface area contributed by atoms with Gasteiger partial charge in [0.05, 0.1) is 6.61 Å². The van der Waals surface area contributed by atoms with Crippen molar-refractivity contribution >= 4 is 16.8 Å². The molecule has 8 heteroatoms. The van der Waals surface area contributed by atoms with Crippen LogP contribution in [0.2, 0.25) is 0 Å². The maximum absolute atomic E-state index is 9.73. The molecule has 1 rings (SSSR count). The summed E-state index contributed by atoms with van der Waals surface area (Å²) in [7, 11) is 0. The molecular formula is C10H17NO6S. The number of aliphatic hydroxyl groups is 4. The van der Waals surface area contributed by atoms with Crippen LogP contribution in [0.15, 0.2) is 17.8 Å². The first-order chi connectivity index (χ1) is 8.54. The van der Waals surface area contributed by atoms with E-state index in [0.717, 1.165) is 11.8 Å². The van der Waals surface area contributed by atoms with Crippen LogP contribution in [0, 0.1) is 0 Å². The van der Waals surface area contributed by atoms with Crippen molar-refractivity contribution in [3.63, 3.8) is 0 Å². The molecule has 1 aliphatic rings. The van der Waals surface area contributed by atoms with Gasteiger partial charge >= 0.3 is 0 Å². The number of thioether (sulfide) groups is 1. The van der Waals surface area contributed by atoms with E-state index in [2.05, 4.69) is 11.7 Å². The Hall–Kier alpha value is -0.640. The van der Waals surface area contributed by atoms with E-state index in [0.29, 0.717) is 0 Å². The Morgan fingerprint density at radius 3 is 2.44 bits per heavy atom. The van der Waals surface area contributed by atoms with Crippen LogP contribution in [0.5, 0.6) is 0 Å². The van der Waals surface area contributed by atoms with E-state index < -0.39 is 36.5 Å². The quantitative estimate of drug-likeness (QED) is 0.145. The highest BCUT2D eigenvalue weighted by atomic mass is 32.2. The first-order valence-electron chi connectivity index (χ1n) is 5.34. The molecule has 18 heavy (non-hydrogen) atoms. The Kier molecular flexibility index (Phi) is 6.06. The summed E-state index contributed by atoms with van der Waals surface area (Å²) < 4.78 is 5.24. The van der Waals surface area contributed by atoms with Gasteiger partial charge in [-0.1, -0.05) is 23.0 Å². The molecular weight excluding hydrogens is 262 g/mol. The average molecular weight is 279 g/mol. The predicted octanol–water partition coefficient (Wildman–Crippen LogP) is -1.12. The molecule has 0 aromatic carbocycles. The molecule has 5 N–H and O–H groups in total. The fraction of sp³-hybridized carbons (Fsp3) is 0.700. The number of aliphatic hydroxyl groups excluding tert-OH is 4. The van der Waals surface area contributed by atoms with E-state index in [9.17, 15) is 15.3 Å². The average Bonchev–Trinajstić information content (AvgIpc) is 2.38. The molecule has 0 radical (unpaired) electrons. The second kappa shape index (κ2) is 7.07. The second-order valence-electron chi connectivity index (χ2n) is 3.80. The van der Waals surface area contributed by atoms with Crippen molar-refractivity contribution in [2.24, 2.45) is 5.16 Å². The maximum Gasteiger partial charge on any atom is 0.138 e. The zero-order chi connectivity index (χ0) is 13.7. The van der Waals surface area contributed by atoms with Crippen LogP contribution in [0.25, 0.3) is 0 Å². The Morgan fingerprint density at radius 2 is 1.94 bits per heavy atom. The first kappa shape index (κ1) is 15.4. The van der Waals surface area contributed by atoms with Crippen molar-refractivity contribution < 1.29 is 30.4 Å². The number of oxime groups is 1. The van der Waals surface area contributed by atoms with E-state index >= 15 is 0 Å². The SMILES string of the molecule is C=CC/C(=N/O)S[C@@H]1O[C@H](CO)[C@@H](O)[C@H](O)[C@H]1O. The summed E-state index contributed by atoms with van der Waals surface area (Å²) in [6, 6.07) is 0. The third kappa shape index (κ3) is 3.44. The molecule has 5 atom stereocenters. The molecule has 7 nitrogen and oxygen atoms in total. The van der Waals surface area contributed by atoms with E-state index in [1.807, 2.05) is 0 Å². The molecule has 1 fully saturated rings. The molecule has 0 aliphatic carbocycles. The zero-order valence-corrected chi connectivity index (χ0v) is 10.4. The number of nitrogens with zero attached hydrogens (tertiary/aromatic N) is 1. The largest absolute Gasteiger partial charge is 0.410 e. The van der Waals surface area contributed by atoms with Crippen LogP contribution >= 0.6 is 11.8 Å². The lowest BCUT2D eigenvalue weighted by molar-refractivity contribution is -0.205. The first-order valence-corrected chi connectivity index (χ1v) is 6.22. The Bertz CT molecular complexity index is 311. The lowest BCUT2D eigenvalue weighted by atomic mass is 10.0. The normalized spacial score (nSPS) is 37.6. The molecule has 104 valence electrons. The smallest absolute Gasteiger partial charge is 0.138 e. The van der Waals surface area contributed by atoms with Crippen molar-refractivity contribution in [3.8, 4) is 0 Å².